The Morgan fingerprint density at radius 2 is 1.86 bits per heavy atom. The van der Waals surface area contributed by atoms with E-state index >= 15 is 0 Å². The Hall–Kier alpha value is -2.74. The molecule has 146 valence electrons. The maximum absolute atomic E-state index is 13.9. The molecule has 0 spiro atoms. The zero-order chi connectivity index (χ0) is 19.7. The lowest BCUT2D eigenvalue weighted by atomic mass is 10.1. The largest absolute Gasteiger partial charge is 0.494 e. The Bertz CT molecular complexity index is 996. The molecule has 0 saturated carbocycles. The molecule has 8 heteroatoms. The van der Waals surface area contributed by atoms with Crippen molar-refractivity contribution in [1.29, 1.82) is 0 Å². The first kappa shape index (κ1) is 18.6. The predicted octanol–water partition coefficient (Wildman–Crippen LogP) is 3.94. The Balaban J connectivity index is 1.47. The van der Waals surface area contributed by atoms with Crippen molar-refractivity contribution in [3.63, 3.8) is 0 Å². The molecule has 2 heterocycles. The van der Waals surface area contributed by atoms with Crippen LogP contribution in [-0.4, -0.2) is 48.6 Å². The molecule has 0 atom stereocenters. The summed E-state index contributed by atoms with van der Waals surface area (Å²) in [6.45, 7) is 4.42. The minimum atomic E-state index is -0.830. The average molecular weight is 403 g/mol. The molecule has 5 nitrogen and oxygen atoms in total. The first-order chi connectivity index (χ1) is 13.6. The molecule has 1 saturated heterocycles. The number of carbonyl (C=O) groups is 1. The smallest absolute Gasteiger partial charge is 0.259 e. The molecule has 0 aliphatic carbocycles. The Morgan fingerprint density at radius 1 is 1.14 bits per heavy atom. The molecule has 0 bridgehead atoms. The average Bonchev–Trinajstić information content (AvgIpc) is 3.11. The van der Waals surface area contributed by atoms with Crippen LogP contribution in [0.1, 0.15) is 17.3 Å². The molecule has 3 aromatic rings. The molecule has 2 aromatic carbocycles. The van der Waals surface area contributed by atoms with Crippen molar-refractivity contribution in [2.75, 3.05) is 37.7 Å². The lowest BCUT2D eigenvalue weighted by Gasteiger charge is -2.34. The number of halogens is 2. The minimum absolute atomic E-state index is 0.382. The summed E-state index contributed by atoms with van der Waals surface area (Å²) in [6, 6.07) is 9.26. The summed E-state index contributed by atoms with van der Waals surface area (Å²) < 4.78 is 34.3. The monoisotopic (exact) mass is 403 g/mol. The van der Waals surface area contributed by atoms with Crippen LogP contribution in [0.3, 0.4) is 0 Å². The van der Waals surface area contributed by atoms with E-state index in [1.54, 1.807) is 11.3 Å². The van der Waals surface area contributed by atoms with Crippen molar-refractivity contribution in [1.82, 2.24) is 9.88 Å². The molecule has 1 aliphatic heterocycles. The summed E-state index contributed by atoms with van der Waals surface area (Å²) >= 11 is 1.57. The third-order valence-electron chi connectivity index (χ3n) is 4.67. The Labute approximate surface area is 165 Å². The topological polar surface area (TPSA) is 45.7 Å². The van der Waals surface area contributed by atoms with E-state index in [2.05, 4.69) is 9.88 Å². The molecular weight excluding hydrogens is 384 g/mol. The van der Waals surface area contributed by atoms with Crippen LogP contribution in [0.2, 0.25) is 0 Å². The Morgan fingerprint density at radius 3 is 2.54 bits per heavy atom. The van der Waals surface area contributed by atoms with Crippen molar-refractivity contribution >= 4 is 32.6 Å². The first-order valence-electron chi connectivity index (χ1n) is 9.08. The third kappa shape index (κ3) is 3.52. The second kappa shape index (κ2) is 7.71. The van der Waals surface area contributed by atoms with Crippen molar-refractivity contribution < 1.29 is 18.3 Å². The number of benzene rings is 2. The second-order valence-electron chi connectivity index (χ2n) is 6.43. The number of rotatable bonds is 4. The van der Waals surface area contributed by atoms with Crippen molar-refractivity contribution in [2.45, 2.75) is 6.92 Å². The van der Waals surface area contributed by atoms with E-state index in [0.717, 1.165) is 33.2 Å². The van der Waals surface area contributed by atoms with Crippen molar-refractivity contribution in [3.8, 4) is 5.75 Å². The fourth-order valence-electron chi connectivity index (χ4n) is 3.25. The number of amides is 1. The van der Waals surface area contributed by atoms with Crippen LogP contribution in [0.4, 0.5) is 13.9 Å². The highest BCUT2D eigenvalue weighted by molar-refractivity contribution is 7.22. The zero-order valence-electron chi connectivity index (χ0n) is 15.3. The van der Waals surface area contributed by atoms with Crippen molar-refractivity contribution in [2.24, 2.45) is 0 Å². The zero-order valence-corrected chi connectivity index (χ0v) is 16.1. The van der Waals surface area contributed by atoms with Gasteiger partial charge in [0, 0.05) is 26.2 Å². The van der Waals surface area contributed by atoms with Gasteiger partial charge in [0.1, 0.15) is 22.9 Å². The van der Waals surface area contributed by atoms with Gasteiger partial charge in [-0.2, -0.15) is 0 Å². The molecule has 1 aromatic heterocycles. The summed E-state index contributed by atoms with van der Waals surface area (Å²) in [5, 5.41) is 0.868. The number of hydrogen-bond acceptors (Lipinski definition) is 5. The van der Waals surface area contributed by atoms with Gasteiger partial charge >= 0.3 is 0 Å². The molecule has 0 N–H and O–H groups in total. The summed E-state index contributed by atoms with van der Waals surface area (Å²) in [5.41, 5.74) is 0.412. The number of ether oxygens (including phenoxy) is 1. The highest BCUT2D eigenvalue weighted by Gasteiger charge is 2.27. The number of aromatic nitrogens is 1. The van der Waals surface area contributed by atoms with Crippen LogP contribution in [0.5, 0.6) is 5.75 Å². The standard InChI is InChI=1S/C20H19F2N3O2S/c1-2-27-13-6-7-16-17(12-13)28-20(23-16)25-10-8-24(9-11-25)19(26)18-14(21)4-3-5-15(18)22/h3-7,12H,2,8-11H2,1H3. The first-order valence-corrected chi connectivity index (χ1v) is 9.90. The third-order valence-corrected chi connectivity index (χ3v) is 5.75. The Kier molecular flexibility index (Phi) is 5.13. The number of piperazine rings is 1. The van der Waals surface area contributed by atoms with Crippen molar-refractivity contribution in [3.05, 3.63) is 53.6 Å². The van der Waals surface area contributed by atoms with E-state index in [9.17, 15) is 13.6 Å². The van der Waals surface area contributed by atoms with Gasteiger partial charge in [0.25, 0.3) is 5.91 Å². The normalized spacial score (nSPS) is 14.5. The number of hydrogen-bond donors (Lipinski definition) is 0. The maximum atomic E-state index is 13.9. The van der Waals surface area contributed by atoms with Gasteiger partial charge in [-0.15, -0.1) is 0 Å². The number of fused-ring (bicyclic) bond motifs is 1. The number of anilines is 1. The van der Waals surface area contributed by atoms with Crippen LogP contribution in [0, 0.1) is 11.6 Å². The highest BCUT2D eigenvalue weighted by atomic mass is 32.1. The predicted molar refractivity (Wildman–Crippen MR) is 105 cm³/mol. The summed E-state index contributed by atoms with van der Waals surface area (Å²) in [5.74, 6) is -1.46. The van der Waals surface area contributed by atoms with E-state index in [1.807, 2.05) is 25.1 Å². The highest BCUT2D eigenvalue weighted by Crippen LogP contribution is 2.32. The lowest BCUT2D eigenvalue weighted by molar-refractivity contribution is 0.0737. The van der Waals surface area contributed by atoms with Gasteiger partial charge in [-0.1, -0.05) is 17.4 Å². The summed E-state index contributed by atoms with van der Waals surface area (Å²) in [4.78, 5) is 20.8. The van der Waals surface area contributed by atoms with Gasteiger partial charge in [0.05, 0.1) is 16.8 Å². The van der Waals surface area contributed by atoms with Crippen LogP contribution in [0.25, 0.3) is 10.2 Å². The second-order valence-corrected chi connectivity index (χ2v) is 7.44. The maximum Gasteiger partial charge on any atom is 0.259 e. The van der Waals surface area contributed by atoms with Gasteiger partial charge in [0.2, 0.25) is 0 Å². The molecule has 1 amide bonds. The molecule has 1 aliphatic rings. The molecule has 0 unspecified atom stereocenters. The SMILES string of the molecule is CCOc1ccc2nc(N3CCN(C(=O)c4c(F)cccc4F)CC3)sc2c1. The lowest BCUT2D eigenvalue weighted by Crippen LogP contribution is -2.49. The molecular formula is C20H19F2N3O2S. The van der Waals surface area contributed by atoms with Crippen LogP contribution in [0.15, 0.2) is 36.4 Å². The fraction of sp³-hybridized carbons (Fsp3) is 0.300. The summed E-state index contributed by atoms with van der Waals surface area (Å²) in [7, 11) is 0. The van der Waals surface area contributed by atoms with Crippen LogP contribution >= 0.6 is 11.3 Å². The van der Waals surface area contributed by atoms with Gasteiger partial charge in [0.15, 0.2) is 5.13 Å². The molecule has 28 heavy (non-hydrogen) atoms. The quantitative estimate of drug-likeness (QED) is 0.662. The van der Waals surface area contributed by atoms with Crippen LogP contribution in [-0.2, 0) is 0 Å². The number of thiazole rings is 1. The summed E-state index contributed by atoms with van der Waals surface area (Å²) in [6.07, 6.45) is 0. The van der Waals surface area contributed by atoms with E-state index in [-0.39, 0.29) is 0 Å². The molecule has 1 fully saturated rings. The minimum Gasteiger partial charge on any atom is -0.494 e. The van der Waals surface area contributed by atoms with E-state index in [4.69, 9.17) is 4.74 Å². The van der Waals surface area contributed by atoms with E-state index in [0.29, 0.717) is 32.8 Å². The van der Waals surface area contributed by atoms with Crippen LogP contribution < -0.4 is 9.64 Å². The fourth-order valence-corrected chi connectivity index (χ4v) is 4.29. The number of nitrogens with zero attached hydrogens (tertiary/aromatic N) is 3. The van der Waals surface area contributed by atoms with Gasteiger partial charge in [-0.25, -0.2) is 13.8 Å². The van der Waals surface area contributed by atoms with Gasteiger partial charge in [-0.3, -0.25) is 4.79 Å². The van der Waals surface area contributed by atoms with Gasteiger partial charge < -0.3 is 14.5 Å². The van der Waals surface area contributed by atoms with Gasteiger partial charge in [-0.05, 0) is 37.3 Å². The number of carbonyl (C=O) groups excluding carboxylic acids is 1. The molecule has 4 rings (SSSR count). The van der Waals surface area contributed by atoms with E-state index < -0.39 is 23.1 Å². The molecule has 0 radical (unpaired) electrons. The van der Waals surface area contributed by atoms with E-state index in [1.165, 1.54) is 11.0 Å².